The molecular formula is C29H32F4N6O8S. The first-order valence-electron chi connectivity index (χ1n) is 14.3. The molecule has 1 aliphatic heterocycles. The van der Waals surface area contributed by atoms with Crippen molar-refractivity contribution in [2.45, 2.75) is 38.9 Å². The van der Waals surface area contributed by atoms with Gasteiger partial charge >= 0.3 is 28.3 Å². The Bertz CT molecular complexity index is 1860. The molecule has 0 radical (unpaired) electrons. The summed E-state index contributed by atoms with van der Waals surface area (Å²) >= 11 is 0. The van der Waals surface area contributed by atoms with Gasteiger partial charge in [0.15, 0.2) is 11.6 Å². The predicted molar refractivity (Wildman–Crippen MR) is 163 cm³/mol. The van der Waals surface area contributed by atoms with E-state index in [1.807, 2.05) is 4.90 Å². The molecule has 1 fully saturated rings. The minimum absolute atomic E-state index is 0.0288. The number of ether oxygens (including phenoxy) is 1. The molecule has 2 heterocycles. The Balaban J connectivity index is 0.000000804. The minimum Gasteiger partial charge on any atom is -0.480 e. The van der Waals surface area contributed by atoms with Crippen molar-refractivity contribution in [3.63, 3.8) is 0 Å². The van der Waals surface area contributed by atoms with Crippen molar-refractivity contribution in [1.29, 1.82) is 5.26 Å². The Hall–Kier alpha value is -4.80. The Morgan fingerprint density at radius 2 is 1.83 bits per heavy atom. The Kier molecular flexibility index (Phi) is 12.4. The molecule has 0 atom stereocenters. The van der Waals surface area contributed by atoms with Crippen LogP contribution < -0.4 is 15.0 Å². The number of likely N-dealkylation sites (tertiary alicyclic amines) is 1. The van der Waals surface area contributed by atoms with Gasteiger partial charge in [-0.25, -0.2) is 14.2 Å². The molecule has 0 spiro atoms. The molecule has 19 heteroatoms. The lowest BCUT2D eigenvalue weighted by atomic mass is 9.93. The largest absolute Gasteiger partial charge is 0.490 e. The van der Waals surface area contributed by atoms with Crippen LogP contribution in [-0.4, -0.2) is 88.7 Å². The lowest BCUT2D eigenvalue weighted by Crippen LogP contribution is -2.37. The second-order valence-corrected chi connectivity index (χ2v) is 12.4. The van der Waals surface area contributed by atoms with Gasteiger partial charge < -0.3 is 14.9 Å². The first-order chi connectivity index (χ1) is 22.5. The van der Waals surface area contributed by atoms with E-state index in [-0.39, 0.29) is 41.0 Å². The second-order valence-electron chi connectivity index (χ2n) is 10.7. The van der Waals surface area contributed by atoms with Gasteiger partial charge in [-0.1, -0.05) is 6.92 Å². The van der Waals surface area contributed by atoms with Gasteiger partial charge in [0.05, 0.1) is 29.5 Å². The van der Waals surface area contributed by atoms with Crippen LogP contribution >= 0.6 is 0 Å². The van der Waals surface area contributed by atoms with Crippen molar-refractivity contribution >= 4 is 38.7 Å². The Labute approximate surface area is 272 Å². The quantitative estimate of drug-likeness (QED) is 0.247. The number of benzene rings is 2. The van der Waals surface area contributed by atoms with Crippen LogP contribution in [0.15, 0.2) is 41.5 Å². The average Bonchev–Trinajstić information content (AvgIpc) is 3.02. The van der Waals surface area contributed by atoms with Crippen LogP contribution in [0.5, 0.6) is 11.5 Å². The lowest BCUT2D eigenvalue weighted by Gasteiger charge is -2.30. The van der Waals surface area contributed by atoms with E-state index in [2.05, 4.69) is 9.71 Å². The summed E-state index contributed by atoms with van der Waals surface area (Å²) in [7, 11) is -2.63. The summed E-state index contributed by atoms with van der Waals surface area (Å²) < 4.78 is 82.0. The van der Waals surface area contributed by atoms with Gasteiger partial charge in [0.25, 0.3) is 5.56 Å². The number of nitriles is 1. The van der Waals surface area contributed by atoms with Gasteiger partial charge in [-0.3, -0.25) is 23.8 Å². The number of aryl methyl sites for hydroxylation is 1. The predicted octanol–water partition coefficient (Wildman–Crippen LogP) is 3.63. The summed E-state index contributed by atoms with van der Waals surface area (Å²) in [6.45, 7) is 3.67. The van der Waals surface area contributed by atoms with Gasteiger partial charge in [0, 0.05) is 20.1 Å². The highest BCUT2D eigenvalue weighted by atomic mass is 32.2. The number of carbonyl (C=O) groups is 2. The average molecular weight is 701 g/mol. The first-order valence-corrected chi connectivity index (χ1v) is 15.8. The second kappa shape index (κ2) is 15.9. The number of anilines is 1. The summed E-state index contributed by atoms with van der Waals surface area (Å²) in [6, 6.07) is 8.36. The highest BCUT2D eigenvalue weighted by molar-refractivity contribution is 7.90. The van der Waals surface area contributed by atoms with E-state index in [0.717, 1.165) is 35.7 Å². The molecule has 260 valence electrons. The maximum Gasteiger partial charge on any atom is 0.490 e. The van der Waals surface area contributed by atoms with E-state index < -0.39 is 39.9 Å². The molecule has 1 aliphatic rings. The number of halogens is 4. The summed E-state index contributed by atoms with van der Waals surface area (Å²) in [5.74, 6) is -4.54. The summed E-state index contributed by atoms with van der Waals surface area (Å²) in [5, 5.41) is 26.1. The fraction of sp³-hybridized carbons (Fsp3) is 0.414. The lowest BCUT2D eigenvalue weighted by molar-refractivity contribution is -0.192. The molecule has 14 nitrogen and oxygen atoms in total. The zero-order valence-corrected chi connectivity index (χ0v) is 26.5. The third-order valence-corrected chi connectivity index (χ3v) is 8.97. The molecule has 3 aromatic rings. The number of nitrogens with one attached hydrogen (secondary N) is 1. The van der Waals surface area contributed by atoms with Crippen LogP contribution in [0, 0.1) is 23.1 Å². The molecule has 1 saturated heterocycles. The highest BCUT2D eigenvalue weighted by Gasteiger charge is 2.38. The highest BCUT2D eigenvalue weighted by Crippen LogP contribution is 2.34. The SMILES string of the molecule is CCN(C)S(=O)(=O)Nc1ccc(F)c(Oc2ccc3ncn(CCC4CCN(CC(=O)O)CC4)c(=O)c3c2)c1C#N.O=C(O)C(F)(F)F. The number of carboxylic acids is 2. The number of nitrogens with zero attached hydrogens (tertiary/aromatic N) is 5. The van der Waals surface area contributed by atoms with Gasteiger partial charge in [-0.2, -0.15) is 31.2 Å². The number of piperidine rings is 1. The smallest absolute Gasteiger partial charge is 0.480 e. The first kappa shape index (κ1) is 37.7. The molecule has 0 aliphatic carbocycles. The topological polar surface area (TPSA) is 195 Å². The van der Waals surface area contributed by atoms with Gasteiger partial charge in [-0.15, -0.1) is 0 Å². The molecule has 1 aromatic heterocycles. The van der Waals surface area contributed by atoms with Crippen LogP contribution in [-0.2, 0) is 26.3 Å². The standard InChI is InChI=1S/C27H31FN6O6S.C2HF3O2/c1-3-32(2)41(38,39)31-24-7-5-22(28)26(21(24)15-29)40-19-4-6-23-20(14-19)27(37)34(17-30-23)13-10-18-8-11-33(12-9-18)16-25(35)36;3-2(4,5)1(6)7/h4-7,14,17-18,31H,3,8-13,16H2,1-2H3,(H,35,36);(H,6,7). The monoisotopic (exact) mass is 700 g/mol. The van der Waals surface area contributed by atoms with E-state index >= 15 is 0 Å². The van der Waals surface area contributed by atoms with Crippen molar-refractivity contribution in [3.8, 4) is 17.6 Å². The molecule has 0 bridgehead atoms. The molecule has 0 unspecified atom stereocenters. The summed E-state index contributed by atoms with van der Waals surface area (Å²) in [6.07, 6.45) is -1.19. The Morgan fingerprint density at radius 1 is 1.19 bits per heavy atom. The molecule has 0 amide bonds. The van der Waals surface area contributed by atoms with Crippen molar-refractivity contribution in [2.24, 2.45) is 5.92 Å². The van der Waals surface area contributed by atoms with Crippen LogP contribution in [0.3, 0.4) is 0 Å². The number of hydrogen-bond donors (Lipinski definition) is 3. The van der Waals surface area contributed by atoms with E-state index in [4.69, 9.17) is 19.7 Å². The van der Waals surface area contributed by atoms with Gasteiger partial charge in [0.2, 0.25) is 0 Å². The third-order valence-electron chi connectivity index (χ3n) is 7.42. The molecular weight excluding hydrogens is 668 g/mol. The zero-order valence-electron chi connectivity index (χ0n) is 25.7. The molecule has 3 N–H and O–H groups in total. The maximum atomic E-state index is 14.8. The van der Waals surface area contributed by atoms with Crippen molar-refractivity contribution < 1.29 is 50.5 Å². The van der Waals surface area contributed by atoms with E-state index in [1.165, 1.54) is 30.1 Å². The number of rotatable bonds is 11. The minimum atomic E-state index is -5.08. The van der Waals surface area contributed by atoms with Crippen LogP contribution in [0.4, 0.5) is 23.2 Å². The fourth-order valence-electron chi connectivity index (χ4n) is 4.66. The van der Waals surface area contributed by atoms with Crippen molar-refractivity contribution in [2.75, 3.05) is 37.9 Å². The van der Waals surface area contributed by atoms with Crippen molar-refractivity contribution in [3.05, 3.63) is 58.4 Å². The van der Waals surface area contributed by atoms with E-state index in [0.29, 0.717) is 31.1 Å². The number of fused-ring (bicyclic) bond motifs is 1. The maximum absolute atomic E-state index is 14.8. The number of alkyl halides is 3. The summed E-state index contributed by atoms with van der Waals surface area (Å²) in [5.41, 5.74) is -0.404. The zero-order chi connectivity index (χ0) is 35.8. The van der Waals surface area contributed by atoms with Crippen LogP contribution in [0.1, 0.15) is 31.7 Å². The number of aliphatic carboxylic acids is 2. The van der Waals surface area contributed by atoms with Gasteiger partial charge in [-0.05, 0) is 68.6 Å². The van der Waals surface area contributed by atoms with E-state index in [9.17, 15) is 40.8 Å². The third kappa shape index (κ3) is 9.85. The molecule has 0 saturated carbocycles. The van der Waals surface area contributed by atoms with Gasteiger partial charge in [0.1, 0.15) is 17.4 Å². The van der Waals surface area contributed by atoms with E-state index in [1.54, 1.807) is 19.1 Å². The number of hydrogen-bond acceptors (Lipinski definition) is 9. The van der Waals surface area contributed by atoms with Crippen LogP contribution in [0.25, 0.3) is 10.9 Å². The normalized spacial score (nSPS) is 14.2. The van der Waals surface area contributed by atoms with Crippen LogP contribution in [0.2, 0.25) is 0 Å². The molecule has 2 aromatic carbocycles. The number of aromatic nitrogens is 2. The van der Waals surface area contributed by atoms with Crippen molar-refractivity contribution in [1.82, 2.24) is 18.8 Å². The number of carboxylic acid groups (broad SMARTS) is 2. The molecule has 4 rings (SSSR count). The molecule has 48 heavy (non-hydrogen) atoms. The Morgan fingerprint density at radius 3 is 2.40 bits per heavy atom. The fourth-order valence-corrected chi connectivity index (χ4v) is 5.61. The summed E-state index contributed by atoms with van der Waals surface area (Å²) in [4.78, 5) is 39.3.